The number of oxazole rings is 1. The van der Waals surface area contributed by atoms with Gasteiger partial charge < -0.3 is 25.5 Å². The molecule has 4 rings (SSSR count). The number of piperidine rings is 1. The maximum Gasteiger partial charge on any atom is 0.213 e. The molecule has 0 aliphatic carbocycles. The standard InChI is InChI=1S/C19H27N7O2/c1-12(2)14-9-24-26-17(23-11-18-21-5-6-28-18)7-16(25-19(14)26)22-8-13-3-4-20-10-15(13)27/h5-7,9,12-13,15,20,23,27H,3-4,8,10-11H2,1-2H3,(H,22,25)/t13-,15+/m1/s1. The number of nitrogens with zero attached hydrogens (tertiary/aromatic N) is 4. The average molecular weight is 385 g/mol. The molecular formula is C19H27N7O2. The Kier molecular flexibility index (Phi) is 5.45. The quantitative estimate of drug-likeness (QED) is 0.487. The third kappa shape index (κ3) is 3.95. The van der Waals surface area contributed by atoms with E-state index < -0.39 is 0 Å². The summed E-state index contributed by atoms with van der Waals surface area (Å²) in [5.41, 5.74) is 1.91. The van der Waals surface area contributed by atoms with Crippen LogP contribution < -0.4 is 16.0 Å². The van der Waals surface area contributed by atoms with Crippen LogP contribution in [0.15, 0.2) is 29.1 Å². The number of hydrogen-bond acceptors (Lipinski definition) is 8. The van der Waals surface area contributed by atoms with E-state index in [1.807, 2.05) is 16.8 Å². The van der Waals surface area contributed by atoms with Crippen molar-refractivity contribution in [2.75, 3.05) is 30.3 Å². The van der Waals surface area contributed by atoms with E-state index in [-0.39, 0.29) is 12.0 Å². The molecule has 3 aromatic heterocycles. The first-order chi connectivity index (χ1) is 13.6. The minimum absolute atomic E-state index is 0.206. The van der Waals surface area contributed by atoms with Gasteiger partial charge in [0.05, 0.1) is 25.0 Å². The first-order valence-corrected chi connectivity index (χ1v) is 9.75. The van der Waals surface area contributed by atoms with Gasteiger partial charge in [-0.05, 0) is 18.9 Å². The van der Waals surface area contributed by atoms with E-state index in [4.69, 9.17) is 9.40 Å². The Labute approximate surface area is 163 Å². The first kappa shape index (κ1) is 18.7. The summed E-state index contributed by atoms with van der Waals surface area (Å²) in [6.45, 7) is 6.96. The van der Waals surface area contributed by atoms with E-state index >= 15 is 0 Å². The number of nitrogens with one attached hydrogen (secondary N) is 3. The van der Waals surface area contributed by atoms with Gasteiger partial charge in [0.2, 0.25) is 5.89 Å². The molecule has 9 nitrogen and oxygen atoms in total. The van der Waals surface area contributed by atoms with Gasteiger partial charge in [0.1, 0.15) is 17.9 Å². The van der Waals surface area contributed by atoms with Gasteiger partial charge >= 0.3 is 0 Å². The van der Waals surface area contributed by atoms with Gasteiger partial charge in [0.25, 0.3) is 0 Å². The second kappa shape index (κ2) is 8.15. The van der Waals surface area contributed by atoms with Gasteiger partial charge in [0.15, 0.2) is 5.65 Å². The van der Waals surface area contributed by atoms with Gasteiger partial charge in [-0.2, -0.15) is 9.61 Å². The summed E-state index contributed by atoms with van der Waals surface area (Å²) >= 11 is 0. The first-order valence-electron chi connectivity index (χ1n) is 9.75. The number of aliphatic hydroxyl groups is 1. The van der Waals surface area contributed by atoms with Gasteiger partial charge in [-0.3, -0.25) is 0 Å². The molecule has 2 atom stereocenters. The van der Waals surface area contributed by atoms with Gasteiger partial charge in [0, 0.05) is 30.6 Å². The monoisotopic (exact) mass is 385 g/mol. The Hall–Kier alpha value is -2.65. The van der Waals surface area contributed by atoms with Gasteiger partial charge in [-0.15, -0.1) is 0 Å². The maximum absolute atomic E-state index is 10.2. The van der Waals surface area contributed by atoms with Crippen LogP contribution in [-0.2, 0) is 6.54 Å². The van der Waals surface area contributed by atoms with Crippen molar-refractivity contribution in [3.05, 3.63) is 36.2 Å². The Morgan fingerprint density at radius 3 is 3.04 bits per heavy atom. The normalized spacial score (nSPS) is 20.0. The van der Waals surface area contributed by atoms with Crippen molar-refractivity contribution in [2.45, 2.75) is 38.8 Å². The van der Waals surface area contributed by atoms with E-state index in [1.54, 1.807) is 12.5 Å². The van der Waals surface area contributed by atoms with Crippen molar-refractivity contribution in [3.63, 3.8) is 0 Å². The average Bonchev–Trinajstić information content (AvgIpc) is 3.35. The molecule has 28 heavy (non-hydrogen) atoms. The number of aromatic nitrogens is 4. The van der Waals surface area contributed by atoms with E-state index in [2.05, 4.69) is 39.9 Å². The zero-order valence-electron chi connectivity index (χ0n) is 16.2. The lowest BCUT2D eigenvalue weighted by Gasteiger charge is -2.28. The molecule has 0 radical (unpaired) electrons. The van der Waals surface area contributed by atoms with Crippen LogP contribution in [0.3, 0.4) is 0 Å². The van der Waals surface area contributed by atoms with Crippen molar-refractivity contribution in [1.82, 2.24) is 24.9 Å². The SMILES string of the molecule is CC(C)c1cnn2c(NCc3ncco3)cc(NC[C@H]3CCNC[C@@H]3O)nc12. The molecule has 1 saturated heterocycles. The highest BCUT2D eigenvalue weighted by molar-refractivity contribution is 5.60. The second-order valence-electron chi connectivity index (χ2n) is 7.50. The van der Waals surface area contributed by atoms with Crippen molar-refractivity contribution < 1.29 is 9.52 Å². The van der Waals surface area contributed by atoms with Crippen LogP contribution in [0.5, 0.6) is 0 Å². The predicted octanol–water partition coefficient (Wildman–Crippen LogP) is 1.84. The van der Waals surface area contributed by atoms with E-state index in [0.29, 0.717) is 31.4 Å². The molecule has 150 valence electrons. The molecule has 4 heterocycles. The third-order valence-electron chi connectivity index (χ3n) is 5.16. The summed E-state index contributed by atoms with van der Waals surface area (Å²) in [6.07, 6.45) is 5.65. The Morgan fingerprint density at radius 2 is 2.29 bits per heavy atom. The van der Waals surface area contributed by atoms with Crippen LogP contribution in [0.4, 0.5) is 11.6 Å². The van der Waals surface area contributed by atoms with Crippen LogP contribution in [0.25, 0.3) is 5.65 Å². The summed E-state index contributed by atoms with van der Waals surface area (Å²) in [5.74, 6) is 2.69. The summed E-state index contributed by atoms with van der Waals surface area (Å²) < 4.78 is 7.12. The minimum Gasteiger partial charge on any atom is -0.447 e. The van der Waals surface area contributed by atoms with Crippen molar-refractivity contribution in [1.29, 1.82) is 0 Å². The number of β-amino-alcohol motifs (C(OH)–C–C–N with tert-alkyl or cyclic N) is 1. The van der Waals surface area contributed by atoms with Crippen LogP contribution in [0, 0.1) is 5.92 Å². The zero-order valence-corrected chi connectivity index (χ0v) is 16.2. The summed E-state index contributed by atoms with van der Waals surface area (Å²) in [6, 6.07) is 1.93. The highest BCUT2D eigenvalue weighted by Crippen LogP contribution is 2.25. The molecule has 1 aliphatic heterocycles. The number of aliphatic hydroxyl groups excluding tert-OH is 1. The number of anilines is 2. The Bertz CT molecular complexity index is 907. The fraction of sp³-hybridized carbons (Fsp3) is 0.526. The zero-order chi connectivity index (χ0) is 19.5. The maximum atomic E-state index is 10.2. The lowest BCUT2D eigenvalue weighted by Crippen LogP contribution is -2.43. The third-order valence-corrected chi connectivity index (χ3v) is 5.16. The van der Waals surface area contributed by atoms with Crippen molar-refractivity contribution >= 4 is 17.3 Å². The predicted molar refractivity (Wildman–Crippen MR) is 106 cm³/mol. The fourth-order valence-corrected chi connectivity index (χ4v) is 3.48. The molecular weight excluding hydrogens is 358 g/mol. The van der Waals surface area contributed by atoms with Crippen LogP contribution in [0.1, 0.15) is 37.6 Å². The molecule has 1 aliphatic rings. The smallest absolute Gasteiger partial charge is 0.213 e. The number of fused-ring (bicyclic) bond motifs is 1. The summed E-state index contributed by atoms with van der Waals surface area (Å²) in [4.78, 5) is 8.93. The van der Waals surface area contributed by atoms with E-state index in [1.165, 1.54) is 0 Å². The largest absolute Gasteiger partial charge is 0.447 e. The van der Waals surface area contributed by atoms with Crippen LogP contribution >= 0.6 is 0 Å². The van der Waals surface area contributed by atoms with Crippen molar-refractivity contribution in [2.24, 2.45) is 5.92 Å². The minimum atomic E-state index is -0.339. The van der Waals surface area contributed by atoms with Gasteiger partial charge in [-0.1, -0.05) is 13.8 Å². The van der Waals surface area contributed by atoms with Crippen molar-refractivity contribution in [3.8, 4) is 0 Å². The summed E-state index contributed by atoms with van der Waals surface area (Å²) in [5, 5.41) is 24.6. The Balaban J connectivity index is 1.58. The molecule has 0 saturated carbocycles. The summed E-state index contributed by atoms with van der Waals surface area (Å²) in [7, 11) is 0. The molecule has 0 amide bonds. The van der Waals surface area contributed by atoms with Gasteiger partial charge in [-0.25, -0.2) is 9.97 Å². The molecule has 9 heteroatoms. The molecule has 1 fully saturated rings. The number of rotatable bonds is 7. The molecule has 0 bridgehead atoms. The molecule has 4 N–H and O–H groups in total. The van der Waals surface area contributed by atoms with Crippen LogP contribution in [-0.4, -0.2) is 50.4 Å². The highest BCUT2D eigenvalue weighted by atomic mass is 16.3. The fourth-order valence-electron chi connectivity index (χ4n) is 3.48. The Morgan fingerprint density at radius 1 is 1.39 bits per heavy atom. The topological polar surface area (TPSA) is 113 Å². The molecule has 3 aromatic rings. The molecule has 0 unspecified atom stereocenters. The van der Waals surface area contributed by atoms with E-state index in [0.717, 1.165) is 35.8 Å². The number of hydrogen-bond donors (Lipinski definition) is 4. The highest BCUT2D eigenvalue weighted by Gasteiger charge is 2.23. The molecule has 0 aromatic carbocycles. The van der Waals surface area contributed by atoms with E-state index in [9.17, 15) is 5.11 Å². The second-order valence-corrected chi connectivity index (χ2v) is 7.50. The lowest BCUT2D eigenvalue weighted by molar-refractivity contribution is 0.0883. The molecule has 0 spiro atoms. The van der Waals surface area contributed by atoms with Crippen LogP contribution in [0.2, 0.25) is 0 Å². The lowest BCUT2D eigenvalue weighted by atomic mass is 9.95.